The summed E-state index contributed by atoms with van der Waals surface area (Å²) in [5.74, 6) is -0.991. The average molecular weight is 208 g/mol. The molecule has 2 rings (SSSR count). The highest BCUT2D eigenvalue weighted by Crippen LogP contribution is 1.79. The summed E-state index contributed by atoms with van der Waals surface area (Å²) < 4.78 is 12.0. The lowest BCUT2D eigenvalue weighted by Gasteiger charge is -1.81. The van der Waals surface area contributed by atoms with Crippen LogP contribution >= 0.6 is 0 Å². The van der Waals surface area contributed by atoms with Crippen LogP contribution in [-0.2, 0) is 0 Å². The summed E-state index contributed by atoms with van der Waals surface area (Å²) in [5.41, 5.74) is -1.71. The molecule has 0 amide bonds. The molecule has 0 aliphatic carbocycles. The van der Waals surface area contributed by atoms with Gasteiger partial charge in [-0.25, -0.2) is 4.79 Å². The molecule has 1 aromatic carbocycles. The van der Waals surface area contributed by atoms with Gasteiger partial charge in [-0.3, -0.25) is 9.78 Å². The Kier molecular flexibility index (Phi) is 4.03. The summed E-state index contributed by atoms with van der Waals surface area (Å²) in [6.07, 6.45) is 0.709. The van der Waals surface area contributed by atoms with E-state index in [0.29, 0.717) is 6.20 Å². The van der Waals surface area contributed by atoms with Gasteiger partial charge in [0.15, 0.2) is 0 Å². The molecule has 0 aliphatic rings. The fourth-order valence-corrected chi connectivity index (χ4v) is 0.778. The van der Waals surface area contributed by atoms with Crippen molar-refractivity contribution in [1.29, 1.82) is 0 Å². The second kappa shape index (κ2) is 5.54. The highest BCUT2D eigenvalue weighted by Gasteiger charge is 1.93. The van der Waals surface area contributed by atoms with Gasteiger partial charge in [-0.05, 0) is 0 Å². The summed E-state index contributed by atoms with van der Waals surface area (Å²) in [7, 11) is 0. The first-order valence-electron chi connectivity index (χ1n) is 4.17. The summed E-state index contributed by atoms with van der Waals surface area (Å²) in [6.45, 7) is 0. The zero-order valence-electron chi connectivity index (χ0n) is 7.74. The number of H-pyrrole nitrogens is 2. The summed E-state index contributed by atoms with van der Waals surface area (Å²) >= 11 is 0. The first-order valence-corrected chi connectivity index (χ1v) is 4.17. The number of benzene rings is 1. The third-order valence-electron chi connectivity index (χ3n) is 1.44. The van der Waals surface area contributed by atoms with E-state index in [4.69, 9.17) is 0 Å². The van der Waals surface area contributed by atoms with E-state index >= 15 is 0 Å². The Hall–Kier alpha value is -2.17. The van der Waals surface area contributed by atoms with Gasteiger partial charge < -0.3 is 4.98 Å². The molecule has 0 unspecified atom stereocenters. The smallest absolute Gasteiger partial charge is 0.311 e. The van der Waals surface area contributed by atoms with Crippen molar-refractivity contribution >= 4 is 0 Å². The Labute approximate surface area is 84.4 Å². The average Bonchev–Trinajstić information content (AvgIpc) is 2.27. The number of aromatic nitrogens is 2. The molecule has 0 fully saturated rings. The lowest BCUT2D eigenvalue weighted by atomic mass is 10.4. The molecule has 5 heteroatoms. The lowest BCUT2D eigenvalue weighted by Crippen LogP contribution is -2.23. The topological polar surface area (TPSA) is 65.7 Å². The van der Waals surface area contributed by atoms with Crippen molar-refractivity contribution in [3.05, 3.63) is 69.3 Å². The summed E-state index contributed by atoms with van der Waals surface area (Å²) in [5, 5.41) is 0. The quantitative estimate of drug-likeness (QED) is 0.675. The van der Waals surface area contributed by atoms with Crippen LogP contribution in [0.2, 0.25) is 0 Å². The number of rotatable bonds is 0. The first-order chi connectivity index (χ1) is 7.20. The molecule has 0 bridgehead atoms. The van der Waals surface area contributed by atoms with Gasteiger partial charge in [0.05, 0.1) is 0 Å². The van der Waals surface area contributed by atoms with E-state index in [1.165, 1.54) is 0 Å². The Morgan fingerprint density at radius 2 is 1.40 bits per heavy atom. The Morgan fingerprint density at radius 1 is 0.933 bits per heavy atom. The zero-order valence-corrected chi connectivity index (χ0v) is 7.74. The van der Waals surface area contributed by atoms with E-state index in [1.807, 2.05) is 41.4 Å². The highest BCUT2D eigenvalue weighted by atomic mass is 19.1. The zero-order chi connectivity index (χ0) is 11.1. The second-order valence-corrected chi connectivity index (χ2v) is 2.57. The minimum absolute atomic E-state index is 0.707. The molecular formula is C10H9FN2O2. The van der Waals surface area contributed by atoms with Crippen molar-refractivity contribution in [1.82, 2.24) is 9.97 Å². The Bertz CT molecular complexity index is 478. The second-order valence-electron chi connectivity index (χ2n) is 2.57. The Balaban J connectivity index is 0.000000162. The van der Waals surface area contributed by atoms with Crippen LogP contribution in [0.3, 0.4) is 0 Å². The maximum Gasteiger partial charge on any atom is 0.325 e. The minimum atomic E-state index is -1.00. The van der Waals surface area contributed by atoms with Crippen molar-refractivity contribution in [3.8, 4) is 0 Å². The molecule has 2 aromatic rings. The maximum absolute atomic E-state index is 12.0. The molecule has 78 valence electrons. The van der Waals surface area contributed by atoms with Crippen LogP contribution in [0.5, 0.6) is 0 Å². The predicted octanol–water partition coefficient (Wildman–Crippen LogP) is 0.889. The van der Waals surface area contributed by atoms with Crippen LogP contribution in [0.25, 0.3) is 0 Å². The molecule has 0 spiro atoms. The van der Waals surface area contributed by atoms with Gasteiger partial charge >= 0.3 is 5.69 Å². The van der Waals surface area contributed by atoms with E-state index in [0.717, 1.165) is 0 Å². The third-order valence-corrected chi connectivity index (χ3v) is 1.44. The van der Waals surface area contributed by atoms with Crippen molar-refractivity contribution in [2.45, 2.75) is 0 Å². The van der Waals surface area contributed by atoms with E-state index < -0.39 is 17.1 Å². The fraction of sp³-hybridized carbons (Fsp3) is 0. The van der Waals surface area contributed by atoms with Gasteiger partial charge in [-0.15, -0.1) is 0 Å². The molecule has 15 heavy (non-hydrogen) atoms. The minimum Gasteiger partial charge on any atom is -0.311 e. The van der Waals surface area contributed by atoms with E-state index in [1.54, 1.807) is 4.98 Å². The molecule has 4 nitrogen and oxygen atoms in total. The summed E-state index contributed by atoms with van der Waals surface area (Å²) in [4.78, 5) is 24.0. The molecule has 0 aliphatic heterocycles. The van der Waals surface area contributed by atoms with Crippen LogP contribution < -0.4 is 11.2 Å². The number of nitrogens with one attached hydrogen (secondary N) is 2. The van der Waals surface area contributed by atoms with Crippen molar-refractivity contribution in [2.24, 2.45) is 0 Å². The van der Waals surface area contributed by atoms with Crippen LogP contribution in [-0.4, -0.2) is 9.97 Å². The third kappa shape index (κ3) is 4.04. The number of aromatic amines is 2. The molecule has 0 atom stereocenters. The van der Waals surface area contributed by atoms with Gasteiger partial charge in [0.1, 0.15) is 0 Å². The van der Waals surface area contributed by atoms with Crippen LogP contribution in [0.1, 0.15) is 0 Å². The molecule has 0 saturated carbocycles. The highest BCUT2D eigenvalue weighted by molar-refractivity contribution is 4.99. The lowest BCUT2D eigenvalue weighted by molar-refractivity contribution is 0.597. The van der Waals surface area contributed by atoms with E-state index in [9.17, 15) is 14.0 Å². The molecule has 1 heterocycles. The van der Waals surface area contributed by atoms with Gasteiger partial charge in [0.25, 0.3) is 5.56 Å². The fourth-order valence-electron chi connectivity index (χ4n) is 0.778. The molecule has 1 aromatic heterocycles. The van der Waals surface area contributed by atoms with Gasteiger partial charge in [-0.2, -0.15) is 4.39 Å². The van der Waals surface area contributed by atoms with Crippen LogP contribution in [0.15, 0.2) is 52.2 Å². The van der Waals surface area contributed by atoms with Gasteiger partial charge in [0, 0.05) is 6.20 Å². The maximum atomic E-state index is 12.0. The van der Waals surface area contributed by atoms with Crippen molar-refractivity contribution in [3.63, 3.8) is 0 Å². The molecular weight excluding hydrogens is 199 g/mol. The molecule has 0 radical (unpaired) electrons. The number of hydrogen-bond acceptors (Lipinski definition) is 2. The largest absolute Gasteiger partial charge is 0.325 e. The van der Waals surface area contributed by atoms with Crippen molar-refractivity contribution in [2.75, 3.05) is 0 Å². The first kappa shape index (κ1) is 10.9. The van der Waals surface area contributed by atoms with E-state index in [2.05, 4.69) is 0 Å². The standard InChI is InChI=1S/C6H6.C4H3FN2O2/c1-2-4-6-5-3-1;5-2-1-6-4(9)7-3(2)8/h1-6H;1H,(H2,6,7,8,9). The predicted molar refractivity (Wildman–Crippen MR) is 54.1 cm³/mol. The normalized spacial score (nSPS) is 8.87. The molecule has 2 N–H and O–H groups in total. The summed E-state index contributed by atoms with van der Waals surface area (Å²) in [6, 6.07) is 12.0. The number of hydrogen-bond donors (Lipinski definition) is 2. The van der Waals surface area contributed by atoms with Crippen LogP contribution in [0, 0.1) is 5.82 Å². The van der Waals surface area contributed by atoms with E-state index in [-0.39, 0.29) is 0 Å². The monoisotopic (exact) mass is 208 g/mol. The van der Waals surface area contributed by atoms with Crippen LogP contribution in [0.4, 0.5) is 4.39 Å². The number of halogens is 1. The Morgan fingerprint density at radius 3 is 1.73 bits per heavy atom. The van der Waals surface area contributed by atoms with Gasteiger partial charge in [0.2, 0.25) is 5.82 Å². The molecule has 0 saturated heterocycles. The SMILES string of the molecule is O=c1[nH]cc(F)c(=O)[nH]1.c1ccccc1. The van der Waals surface area contributed by atoms with Gasteiger partial charge in [-0.1, -0.05) is 36.4 Å². The van der Waals surface area contributed by atoms with Crippen molar-refractivity contribution < 1.29 is 4.39 Å².